The van der Waals surface area contributed by atoms with Crippen molar-refractivity contribution in [2.45, 2.75) is 13.8 Å². The first-order chi connectivity index (χ1) is 6.72. The van der Waals surface area contributed by atoms with Gasteiger partial charge in [-0.05, 0) is 5.92 Å². The van der Waals surface area contributed by atoms with Gasteiger partial charge < -0.3 is 19.4 Å². The molecule has 0 spiro atoms. The number of carbonyl (C=O) groups is 1. The molecule has 0 heterocycles. The average Bonchev–Trinajstić information content (AvgIpc) is 2.00. The maximum absolute atomic E-state index is 11.1. The Hall–Kier alpha value is -0.620. The molecule has 90 valence electrons. The number of nitrogens with zero attached hydrogens (tertiary/aromatic N) is 1. The molecule has 0 saturated carbocycles. The van der Waals surface area contributed by atoms with E-state index in [0.29, 0.717) is 6.54 Å². The normalized spacial score (nSPS) is 11.6. The zero-order valence-electron chi connectivity index (χ0n) is 8.91. The fourth-order valence-electron chi connectivity index (χ4n) is 0.878. The largest absolute Gasteiger partial charge is 0.472 e. The molecular weight excluding hydrogens is 225 g/mol. The third-order valence-electron chi connectivity index (χ3n) is 1.35. The molecule has 0 saturated heterocycles. The second-order valence-electron chi connectivity index (χ2n) is 3.42. The van der Waals surface area contributed by atoms with Crippen molar-refractivity contribution in [3.8, 4) is 0 Å². The molecule has 15 heavy (non-hydrogen) atoms. The number of ether oxygens (including phenoxy) is 1. The summed E-state index contributed by atoms with van der Waals surface area (Å²) in [5.74, 6) is 0.283. The van der Waals surface area contributed by atoms with E-state index in [1.54, 1.807) is 0 Å². The van der Waals surface area contributed by atoms with Gasteiger partial charge in [-0.15, -0.1) is 0 Å². The average molecular weight is 241 g/mol. The van der Waals surface area contributed by atoms with Crippen LogP contribution in [-0.4, -0.2) is 41.2 Å². The first-order valence-corrected chi connectivity index (χ1v) is 5.83. The molecule has 1 amide bonds. The van der Waals surface area contributed by atoms with E-state index in [9.17, 15) is 9.36 Å². The van der Waals surface area contributed by atoms with E-state index in [2.05, 4.69) is 9.26 Å². The molecule has 0 unspecified atom stereocenters. The summed E-state index contributed by atoms with van der Waals surface area (Å²) in [6.07, 6.45) is -0.683. The van der Waals surface area contributed by atoms with Crippen LogP contribution in [0.25, 0.3) is 0 Å². The van der Waals surface area contributed by atoms with Gasteiger partial charge in [0.1, 0.15) is 0 Å². The third kappa shape index (κ3) is 8.38. The zero-order valence-corrected chi connectivity index (χ0v) is 9.81. The molecule has 0 aliphatic heterocycles. The smallest absolute Gasteiger partial charge is 0.422 e. The Morgan fingerprint density at radius 3 is 2.40 bits per heavy atom. The summed E-state index contributed by atoms with van der Waals surface area (Å²) in [5.41, 5.74) is 0. The molecule has 2 N–H and O–H groups in total. The summed E-state index contributed by atoms with van der Waals surface area (Å²) < 4.78 is 18.6. The van der Waals surface area contributed by atoms with Crippen LogP contribution in [0.3, 0.4) is 0 Å². The van der Waals surface area contributed by atoms with E-state index in [0.717, 1.165) is 0 Å². The Morgan fingerprint density at radius 1 is 1.47 bits per heavy atom. The van der Waals surface area contributed by atoms with Gasteiger partial charge in [-0.1, -0.05) is 13.8 Å². The summed E-state index contributed by atoms with van der Waals surface area (Å²) >= 11 is 0. The lowest BCUT2D eigenvalue weighted by Gasteiger charge is -2.18. The first-order valence-electron chi connectivity index (χ1n) is 4.30. The van der Waals surface area contributed by atoms with Gasteiger partial charge in [-0.25, -0.2) is 13.9 Å². The third-order valence-corrected chi connectivity index (χ3v) is 1.80. The fourth-order valence-corrected chi connectivity index (χ4v) is 1.07. The van der Waals surface area contributed by atoms with Crippen LogP contribution in [0.15, 0.2) is 0 Å². The standard InChI is InChI=1S/C7H16NO6P/c1-6(2)4-8(3)7(9)13-5-14-15(10,11)12/h6H,4-5H2,1-3H3,(H2,10,11,12). The molecule has 0 fully saturated rings. The van der Waals surface area contributed by atoms with Crippen molar-refractivity contribution in [3.63, 3.8) is 0 Å². The molecule has 0 aliphatic rings. The molecule has 7 nitrogen and oxygen atoms in total. The molecule has 0 aromatic heterocycles. The van der Waals surface area contributed by atoms with E-state index >= 15 is 0 Å². The molecule has 0 rings (SSSR count). The van der Waals surface area contributed by atoms with Crippen molar-refractivity contribution in [1.29, 1.82) is 0 Å². The minimum Gasteiger partial charge on any atom is -0.422 e. The van der Waals surface area contributed by atoms with Gasteiger partial charge >= 0.3 is 13.9 Å². The van der Waals surface area contributed by atoms with Crippen LogP contribution >= 0.6 is 7.82 Å². The molecule has 0 atom stereocenters. The Balaban J connectivity index is 3.79. The van der Waals surface area contributed by atoms with Gasteiger partial charge in [-0.2, -0.15) is 0 Å². The topological polar surface area (TPSA) is 96.3 Å². The molecule has 0 aromatic carbocycles. The molecule has 8 heteroatoms. The van der Waals surface area contributed by atoms with E-state index in [1.165, 1.54) is 11.9 Å². The number of carbonyl (C=O) groups excluding carboxylic acids is 1. The van der Waals surface area contributed by atoms with E-state index in [-0.39, 0.29) is 5.92 Å². The molecular formula is C7H16NO6P. The van der Waals surface area contributed by atoms with Crippen LogP contribution in [-0.2, 0) is 13.8 Å². The first kappa shape index (κ1) is 14.4. The quantitative estimate of drug-likeness (QED) is 0.545. The van der Waals surface area contributed by atoms with Gasteiger partial charge in [0.15, 0.2) is 0 Å². The fraction of sp³-hybridized carbons (Fsp3) is 0.857. The lowest BCUT2D eigenvalue weighted by Crippen LogP contribution is -2.31. The van der Waals surface area contributed by atoms with Crippen molar-refractivity contribution < 1.29 is 28.4 Å². The van der Waals surface area contributed by atoms with Crippen molar-refractivity contribution >= 4 is 13.9 Å². The number of hydrogen-bond acceptors (Lipinski definition) is 4. The predicted molar refractivity (Wildman–Crippen MR) is 51.9 cm³/mol. The van der Waals surface area contributed by atoms with Gasteiger partial charge in [-0.3, -0.25) is 0 Å². The minimum absolute atomic E-state index is 0.283. The summed E-state index contributed by atoms with van der Waals surface area (Å²) in [6.45, 7) is 3.59. The number of hydrogen-bond donors (Lipinski definition) is 2. The number of amides is 1. The summed E-state index contributed by atoms with van der Waals surface area (Å²) in [4.78, 5) is 29.0. The van der Waals surface area contributed by atoms with Crippen molar-refractivity contribution in [1.82, 2.24) is 4.90 Å². The highest BCUT2D eigenvalue weighted by molar-refractivity contribution is 7.46. The van der Waals surface area contributed by atoms with Gasteiger partial charge in [0.2, 0.25) is 6.79 Å². The second kappa shape index (κ2) is 6.07. The highest BCUT2D eigenvalue weighted by Gasteiger charge is 2.16. The Labute approximate surface area is 88.2 Å². The van der Waals surface area contributed by atoms with Crippen LogP contribution in [0, 0.1) is 5.92 Å². The highest BCUT2D eigenvalue weighted by Crippen LogP contribution is 2.35. The molecule has 0 radical (unpaired) electrons. The number of rotatable bonds is 5. The van der Waals surface area contributed by atoms with Crippen LogP contribution in [0.2, 0.25) is 0 Å². The van der Waals surface area contributed by atoms with Crippen LogP contribution in [0.5, 0.6) is 0 Å². The van der Waals surface area contributed by atoms with Crippen molar-refractivity contribution in [2.75, 3.05) is 20.4 Å². The van der Waals surface area contributed by atoms with E-state index < -0.39 is 20.7 Å². The maximum atomic E-state index is 11.1. The SMILES string of the molecule is CC(C)CN(C)C(=O)OCOP(=O)(O)O. The maximum Gasteiger partial charge on any atom is 0.472 e. The summed E-state index contributed by atoms with van der Waals surface area (Å²) in [7, 11) is -3.05. The highest BCUT2D eigenvalue weighted by atomic mass is 31.2. The Bertz CT molecular complexity index is 250. The van der Waals surface area contributed by atoms with E-state index in [1.807, 2.05) is 13.8 Å². The Kier molecular flexibility index (Phi) is 5.82. The second-order valence-corrected chi connectivity index (χ2v) is 4.66. The lowest BCUT2D eigenvalue weighted by atomic mass is 10.2. The summed E-state index contributed by atoms with van der Waals surface area (Å²) in [6, 6.07) is 0. The molecule has 0 bridgehead atoms. The van der Waals surface area contributed by atoms with Crippen molar-refractivity contribution in [2.24, 2.45) is 5.92 Å². The molecule has 0 aromatic rings. The minimum atomic E-state index is -4.58. The number of phosphoric acid groups is 1. The van der Waals surface area contributed by atoms with Gasteiger partial charge in [0.25, 0.3) is 0 Å². The number of phosphoric ester groups is 1. The Morgan fingerprint density at radius 2 is 2.00 bits per heavy atom. The van der Waals surface area contributed by atoms with Crippen molar-refractivity contribution in [3.05, 3.63) is 0 Å². The zero-order chi connectivity index (χ0) is 12.1. The van der Waals surface area contributed by atoms with Crippen LogP contribution in [0.1, 0.15) is 13.8 Å². The summed E-state index contributed by atoms with van der Waals surface area (Å²) in [5, 5.41) is 0. The van der Waals surface area contributed by atoms with Crippen LogP contribution in [0.4, 0.5) is 4.79 Å². The predicted octanol–water partition coefficient (Wildman–Crippen LogP) is 0.778. The van der Waals surface area contributed by atoms with Gasteiger partial charge in [0.05, 0.1) is 0 Å². The molecule has 0 aliphatic carbocycles. The lowest BCUT2D eigenvalue weighted by molar-refractivity contribution is 0.0225. The van der Waals surface area contributed by atoms with E-state index in [4.69, 9.17) is 9.79 Å². The van der Waals surface area contributed by atoms with Crippen LogP contribution < -0.4 is 0 Å². The monoisotopic (exact) mass is 241 g/mol. The van der Waals surface area contributed by atoms with Gasteiger partial charge in [0, 0.05) is 13.6 Å².